The molecule has 0 fully saturated rings. The van der Waals surface area contributed by atoms with Crippen molar-refractivity contribution in [2.45, 2.75) is 18.7 Å². The highest BCUT2D eigenvalue weighted by atomic mass is 35.5. The first-order valence-electron chi connectivity index (χ1n) is 8.61. The molecule has 28 heavy (non-hydrogen) atoms. The molecule has 0 saturated carbocycles. The topological polar surface area (TPSA) is 54.7 Å². The molecule has 0 radical (unpaired) electrons. The van der Waals surface area contributed by atoms with Gasteiger partial charge in [-0.3, -0.25) is 0 Å². The summed E-state index contributed by atoms with van der Waals surface area (Å²) in [6.07, 6.45) is 0. The molecule has 2 aromatic carbocycles. The first kappa shape index (κ1) is 20.8. The Labute approximate surface area is 174 Å². The molecule has 0 saturated heterocycles. The zero-order chi connectivity index (χ0) is 20.6. The number of rotatable bonds is 4. The lowest BCUT2D eigenvalue weighted by molar-refractivity contribution is 0.521. The van der Waals surface area contributed by atoms with E-state index >= 15 is 0 Å². The quantitative estimate of drug-likeness (QED) is 0.605. The molecule has 1 heterocycles. The van der Waals surface area contributed by atoms with E-state index in [-0.39, 0.29) is 9.92 Å². The number of halogens is 1. The van der Waals surface area contributed by atoms with Crippen LogP contribution in [0.25, 0.3) is 11.3 Å². The molecule has 3 aromatic rings. The van der Waals surface area contributed by atoms with E-state index in [0.717, 1.165) is 37.2 Å². The average Bonchev–Trinajstić information content (AvgIpc) is 2.99. The van der Waals surface area contributed by atoms with Gasteiger partial charge in [-0.15, -0.1) is 11.3 Å². The Morgan fingerprint density at radius 2 is 1.75 bits per heavy atom. The number of benzene rings is 2. The minimum atomic E-state index is -3.63. The van der Waals surface area contributed by atoms with Gasteiger partial charge in [-0.05, 0) is 37.1 Å². The standard InChI is InChI=1S/C20H22ClN3O2S2/c1-13-7-6-8-14(2)19(13)22-20-24(5)17(12-27-20)15-9-10-16(21)18(11-15)28(25,26)23(3)4/h6-12H,1-5H3. The van der Waals surface area contributed by atoms with E-state index in [0.29, 0.717) is 0 Å². The van der Waals surface area contributed by atoms with Gasteiger partial charge in [-0.2, -0.15) is 0 Å². The zero-order valence-electron chi connectivity index (χ0n) is 16.4. The highest BCUT2D eigenvalue weighted by Gasteiger charge is 2.22. The molecule has 8 heteroatoms. The van der Waals surface area contributed by atoms with Crippen molar-refractivity contribution in [3.05, 3.63) is 62.7 Å². The van der Waals surface area contributed by atoms with Crippen LogP contribution in [0.4, 0.5) is 5.69 Å². The number of thiazole rings is 1. The smallest absolute Gasteiger partial charge is 0.244 e. The van der Waals surface area contributed by atoms with E-state index in [2.05, 4.69) is 0 Å². The van der Waals surface area contributed by atoms with Gasteiger partial charge in [0, 0.05) is 32.1 Å². The predicted molar refractivity (Wildman–Crippen MR) is 116 cm³/mol. The summed E-state index contributed by atoms with van der Waals surface area (Å²) in [7, 11) is 1.27. The third-order valence-corrected chi connectivity index (χ3v) is 7.77. The highest BCUT2D eigenvalue weighted by molar-refractivity contribution is 7.89. The van der Waals surface area contributed by atoms with Gasteiger partial charge in [0.15, 0.2) is 4.80 Å². The van der Waals surface area contributed by atoms with Crippen LogP contribution in [0.2, 0.25) is 5.02 Å². The molecule has 0 N–H and O–H groups in total. The summed E-state index contributed by atoms with van der Waals surface area (Å²) >= 11 is 7.68. The van der Waals surface area contributed by atoms with Crippen molar-refractivity contribution in [3.8, 4) is 11.3 Å². The Morgan fingerprint density at radius 3 is 2.36 bits per heavy atom. The number of para-hydroxylation sites is 1. The SMILES string of the molecule is Cc1cccc(C)c1N=c1scc(-c2ccc(Cl)c(S(=O)(=O)N(C)C)c2)n1C. The molecule has 0 aliphatic heterocycles. The van der Waals surface area contributed by atoms with Crippen molar-refractivity contribution in [1.82, 2.24) is 8.87 Å². The summed E-state index contributed by atoms with van der Waals surface area (Å²) in [5.74, 6) is 0. The van der Waals surface area contributed by atoms with E-state index in [1.54, 1.807) is 12.1 Å². The fourth-order valence-electron chi connectivity index (χ4n) is 2.87. The molecule has 3 rings (SSSR count). The lowest BCUT2D eigenvalue weighted by atomic mass is 10.1. The van der Waals surface area contributed by atoms with E-state index in [1.807, 2.05) is 55.1 Å². The third kappa shape index (κ3) is 3.80. The molecular weight excluding hydrogens is 414 g/mol. The van der Waals surface area contributed by atoms with Crippen LogP contribution >= 0.6 is 22.9 Å². The van der Waals surface area contributed by atoms with E-state index < -0.39 is 10.0 Å². The number of aryl methyl sites for hydroxylation is 2. The van der Waals surface area contributed by atoms with Gasteiger partial charge in [-0.1, -0.05) is 35.9 Å². The van der Waals surface area contributed by atoms with Crippen molar-refractivity contribution in [2.24, 2.45) is 12.0 Å². The summed E-state index contributed by atoms with van der Waals surface area (Å²) < 4.78 is 28.2. The minimum absolute atomic E-state index is 0.0936. The normalized spacial score (nSPS) is 12.8. The van der Waals surface area contributed by atoms with E-state index in [9.17, 15) is 8.42 Å². The highest BCUT2D eigenvalue weighted by Crippen LogP contribution is 2.30. The van der Waals surface area contributed by atoms with Crippen LogP contribution in [0.1, 0.15) is 11.1 Å². The Morgan fingerprint density at radius 1 is 1.11 bits per heavy atom. The second kappa shape index (κ2) is 7.83. The zero-order valence-corrected chi connectivity index (χ0v) is 18.8. The molecule has 0 bridgehead atoms. The Balaban J connectivity index is 2.15. The summed E-state index contributed by atoms with van der Waals surface area (Å²) in [5, 5.41) is 2.18. The van der Waals surface area contributed by atoms with E-state index in [1.165, 1.54) is 25.4 Å². The number of nitrogens with zero attached hydrogens (tertiary/aromatic N) is 3. The maximum atomic E-state index is 12.6. The maximum Gasteiger partial charge on any atom is 0.244 e. The fraction of sp³-hybridized carbons (Fsp3) is 0.250. The van der Waals surface area contributed by atoms with Gasteiger partial charge in [0.05, 0.1) is 16.4 Å². The Hall–Kier alpha value is -1.93. The van der Waals surface area contributed by atoms with Crippen LogP contribution in [0, 0.1) is 13.8 Å². The first-order valence-corrected chi connectivity index (χ1v) is 11.3. The predicted octanol–water partition coefficient (Wildman–Crippen LogP) is 4.51. The largest absolute Gasteiger partial charge is 0.320 e. The number of hydrogen-bond donors (Lipinski definition) is 0. The van der Waals surface area contributed by atoms with Gasteiger partial charge >= 0.3 is 0 Å². The van der Waals surface area contributed by atoms with Gasteiger partial charge in [0.2, 0.25) is 10.0 Å². The van der Waals surface area contributed by atoms with Crippen LogP contribution in [-0.2, 0) is 17.1 Å². The monoisotopic (exact) mass is 435 g/mol. The molecule has 0 aliphatic rings. The Kier molecular flexibility index (Phi) is 5.82. The summed E-state index contributed by atoms with van der Waals surface area (Å²) in [6, 6.07) is 11.2. The molecule has 0 aliphatic carbocycles. The molecule has 0 spiro atoms. The lowest BCUT2D eigenvalue weighted by Crippen LogP contribution is -2.22. The number of hydrogen-bond acceptors (Lipinski definition) is 4. The second-order valence-electron chi connectivity index (χ2n) is 6.75. The third-order valence-electron chi connectivity index (χ3n) is 4.56. The number of aromatic nitrogens is 1. The van der Waals surface area contributed by atoms with Crippen LogP contribution in [0.15, 0.2) is 51.7 Å². The molecule has 0 atom stereocenters. The van der Waals surface area contributed by atoms with Crippen molar-refractivity contribution >= 4 is 38.6 Å². The van der Waals surface area contributed by atoms with Crippen molar-refractivity contribution in [3.63, 3.8) is 0 Å². The maximum absolute atomic E-state index is 12.6. The van der Waals surface area contributed by atoms with Crippen molar-refractivity contribution in [1.29, 1.82) is 0 Å². The second-order valence-corrected chi connectivity index (χ2v) is 10.1. The average molecular weight is 436 g/mol. The van der Waals surface area contributed by atoms with Gasteiger partial charge in [0.1, 0.15) is 4.90 Å². The minimum Gasteiger partial charge on any atom is -0.320 e. The molecule has 0 unspecified atom stereocenters. The molecule has 1 aromatic heterocycles. The first-order chi connectivity index (χ1) is 13.1. The van der Waals surface area contributed by atoms with Crippen LogP contribution in [0.3, 0.4) is 0 Å². The summed E-state index contributed by atoms with van der Waals surface area (Å²) in [4.78, 5) is 5.76. The Bertz CT molecular complexity index is 1190. The summed E-state index contributed by atoms with van der Waals surface area (Å²) in [6.45, 7) is 4.08. The van der Waals surface area contributed by atoms with Crippen LogP contribution < -0.4 is 4.80 Å². The number of sulfonamides is 1. The fourth-order valence-corrected chi connectivity index (χ4v) is 5.17. The lowest BCUT2D eigenvalue weighted by Gasteiger charge is -2.14. The molecular formula is C20H22ClN3O2S2. The van der Waals surface area contributed by atoms with Gasteiger partial charge in [0.25, 0.3) is 0 Å². The van der Waals surface area contributed by atoms with Crippen LogP contribution in [0.5, 0.6) is 0 Å². The van der Waals surface area contributed by atoms with Gasteiger partial charge < -0.3 is 4.57 Å². The van der Waals surface area contributed by atoms with Gasteiger partial charge in [-0.25, -0.2) is 17.7 Å². The van der Waals surface area contributed by atoms with Crippen LogP contribution in [-0.4, -0.2) is 31.4 Å². The molecule has 0 amide bonds. The molecule has 148 valence electrons. The molecule has 5 nitrogen and oxygen atoms in total. The van der Waals surface area contributed by atoms with E-state index in [4.69, 9.17) is 16.6 Å². The summed E-state index contributed by atoms with van der Waals surface area (Å²) in [5.41, 5.74) is 4.83. The van der Waals surface area contributed by atoms with Crippen molar-refractivity contribution in [2.75, 3.05) is 14.1 Å². The van der Waals surface area contributed by atoms with Crippen molar-refractivity contribution < 1.29 is 8.42 Å².